The van der Waals surface area contributed by atoms with Crippen LogP contribution in [-0.2, 0) is 14.3 Å². The van der Waals surface area contributed by atoms with Gasteiger partial charge in [-0.3, -0.25) is 9.59 Å². The first-order chi connectivity index (χ1) is 16.5. The molecule has 7 heteroatoms. The number of rotatable bonds is 11. The Morgan fingerprint density at radius 1 is 1.06 bits per heavy atom. The number of nitrogens with zero attached hydrogens (tertiary/aromatic N) is 1. The van der Waals surface area contributed by atoms with Crippen LogP contribution in [0.3, 0.4) is 0 Å². The lowest BCUT2D eigenvalue weighted by Gasteiger charge is -2.27. The predicted molar refractivity (Wildman–Crippen MR) is 128 cm³/mol. The van der Waals surface area contributed by atoms with Gasteiger partial charge >= 0.3 is 12.1 Å². The van der Waals surface area contributed by atoms with Crippen LogP contribution in [0.5, 0.6) is 0 Å². The molecule has 0 bridgehead atoms. The van der Waals surface area contributed by atoms with Crippen molar-refractivity contribution in [1.82, 2.24) is 10.2 Å². The highest BCUT2D eigenvalue weighted by atomic mass is 16.5. The molecule has 4 rings (SSSR count). The van der Waals surface area contributed by atoms with Gasteiger partial charge in [-0.1, -0.05) is 61.4 Å². The van der Waals surface area contributed by atoms with Crippen LogP contribution in [0.1, 0.15) is 56.1 Å². The van der Waals surface area contributed by atoms with Gasteiger partial charge in [0.2, 0.25) is 5.91 Å². The summed E-state index contributed by atoms with van der Waals surface area (Å²) in [5.41, 5.74) is 4.60. The molecule has 1 saturated carbocycles. The first-order valence-corrected chi connectivity index (χ1v) is 12.1. The Bertz CT molecular complexity index is 1000. The summed E-state index contributed by atoms with van der Waals surface area (Å²) in [7, 11) is 0. The second-order valence-electron chi connectivity index (χ2n) is 9.12. The lowest BCUT2D eigenvalue weighted by Crippen LogP contribution is -2.49. The third-order valence-electron chi connectivity index (χ3n) is 6.71. The number of aliphatic carboxylic acids is 1. The molecule has 0 aromatic heterocycles. The Morgan fingerprint density at radius 3 is 2.24 bits per heavy atom. The van der Waals surface area contributed by atoms with Crippen molar-refractivity contribution in [3.05, 3.63) is 59.7 Å². The van der Waals surface area contributed by atoms with E-state index >= 15 is 0 Å². The Kier molecular flexibility index (Phi) is 7.50. The maximum Gasteiger partial charge on any atom is 0.407 e. The number of benzene rings is 2. The van der Waals surface area contributed by atoms with Gasteiger partial charge in [0, 0.05) is 25.4 Å². The Labute approximate surface area is 200 Å². The van der Waals surface area contributed by atoms with Crippen molar-refractivity contribution in [3.63, 3.8) is 0 Å². The van der Waals surface area contributed by atoms with E-state index in [1.165, 1.54) is 0 Å². The highest BCUT2D eigenvalue weighted by Gasteiger charge is 2.34. The number of ether oxygens (including phenoxy) is 1. The van der Waals surface area contributed by atoms with Crippen molar-refractivity contribution in [3.8, 4) is 11.1 Å². The molecule has 2 aliphatic rings. The zero-order chi connectivity index (χ0) is 24.1. The molecule has 2 aromatic carbocycles. The number of hydrogen-bond acceptors (Lipinski definition) is 4. The first kappa shape index (κ1) is 23.8. The average Bonchev–Trinajstić information content (AvgIpc) is 3.60. The van der Waals surface area contributed by atoms with Gasteiger partial charge in [-0.2, -0.15) is 0 Å². The number of carbonyl (C=O) groups excluding carboxylic acids is 2. The van der Waals surface area contributed by atoms with Crippen molar-refractivity contribution in [2.45, 2.75) is 51.0 Å². The Morgan fingerprint density at radius 2 is 1.68 bits per heavy atom. The molecular formula is C27H32N2O5. The first-order valence-electron chi connectivity index (χ1n) is 12.1. The number of hydrogen-bond donors (Lipinski definition) is 2. The number of carbonyl (C=O) groups is 3. The molecule has 180 valence electrons. The number of fused-ring (bicyclic) bond motifs is 3. The fraction of sp³-hybridized carbons (Fsp3) is 0.444. The summed E-state index contributed by atoms with van der Waals surface area (Å²) >= 11 is 0. The van der Waals surface area contributed by atoms with E-state index in [-0.39, 0.29) is 24.9 Å². The average molecular weight is 465 g/mol. The standard InChI is InChI=1S/C27H32N2O5/c1-2-29(15-7-12-25(30)31)26(32)24(16-18-13-14-18)28-27(33)34-17-23-21-10-5-3-8-19(21)20-9-4-6-11-22(20)23/h3-6,8-11,18,23-24H,2,7,12-17H2,1H3,(H,28,33)(H,30,31). The van der Waals surface area contributed by atoms with Gasteiger partial charge < -0.3 is 20.1 Å². The number of alkyl carbamates (subject to hydrolysis) is 1. The minimum absolute atomic E-state index is 0.0108. The number of carboxylic acids is 1. The van der Waals surface area contributed by atoms with Gasteiger partial charge in [-0.25, -0.2) is 4.79 Å². The fourth-order valence-electron chi connectivity index (χ4n) is 4.76. The predicted octanol–water partition coefficient (Wildman–Crippen LogP) is 4.41. The quantitative estimate of drug-likeness (QED) is 0.514. The second-order valence-corrected chi connectivity index (χ2v) is 9.12. The molecule has 0 radical (unpaired) electrons. The summed E-state index contributed by atoms with van der Waals surface area (Å²) in [6, 6.07) is 15.6. The molecule has 2 aliphatic carbocycles. The van der Waals surface area contributed by atoms with Crippen molar-refractivity contribution in [2.75, 3.05) is 19.7 Å². The van der Waals surface area contributed by atoms with E-state index in [0.717, 1.165) is 35.1 Å². The van der Waals surface area contributed by atoms with E-state index in [4.69, 9.17) is 9.84 Å². The van der Waals surface area contributed by atoms with Crippen molar-refractivity contribution in [2.24, 2.45) is 5.92 Å². The fourth-order valence-corrected chi connectivity index (χ4v) is 4.76. The summed E-state index contributed by atoms with van der Waals surface area (Å²) in [5, 5.41) is 11.7. The summed E-state index contributed by atoms with van der Waals surface area (Å²) in [4.78, 5) is 38.4. The van der Waals surface area contributed by atoms with E-state index in [1.54, 1.807) is 4.90 Å². The largest absolute Gasteiger partial charge is 0.481 e. The van der Waals surface area contributed by atoms with Crippen LogP contribution in [0.4, 0.5) is 4.79 Å². The van der Waals surface area contributed by atoms with Crippen LogP contribution >= 0.6 is 0 Å². The molecular weight excluding hydrogens is 432 g/mol. The highest BCUT2D eigenvalue weighted by molar-refractivity contribution is 5.86. The lowest BCUT2D eigenvalue weighted by atomic mass is 9.98. The van der Waals surface area contributed by atoms with Crippen LogP contribution in [0.15, 0.2) is 48.5 Å². The van der Waals surface area contributed by atoms with Crippen molar-refractivity contribution < 1.29 is 24.2 Å². The second kappa shape index (κ2) is 10.7. The third-order valence-corrected chi connectivity index (χ3v) is 6.71. The molecule has 1 atom stereocenters. The summed E-state index contributed by atoms with van der Waals surface area (Å²) in [6.45, 7) is 2.88. The summed E-state index contributed by atoms with van der Waals surface area (Å²) in [6.07, 6.45) is 2.50. The van der Waals surface area contributed by atoms with E-state index in [0.29, 0.717) is 31.8 Å². The van der Waals surface area contributed by atoms with Crippen LogP contribution < -0.4 is 5.32 Å². The Hall–Kier alpha value is -3.35. The zero-order valence-electron chi connectivity index (χ0n) is 19.5. The van der Waals surface area contributed by atoms with Gasteiger partial charge in [-0.15, -0.1) is 0 Å². The van der Waals surface area contributed by atoms with Crippen LogP contribution in [0, 0.1) is 5.92 Å². The zero-order valence-corrected chi connectivity index (χ0v) is 19.5. The molecule has 0 spiro atoms. The molecule has 0 aliphatic heterocycles. The van der Waals surface area contributed by atoms with Gasteiger partial charge in [0.15, 0.2) is 0 Å². The Balaban J connectivity index is 1.39. The number of nitrogens with one attached hydrogen (secondary N) is 1. The van der Waals surface area contributed by atoms with Gasteiger partial charge in [-0.05, 0) is 47.9 Å². The SMILES string of the molecule is CCN(CCCC(=O)O)C(=O)C(CC1CC1)NC(=O)OCC1c2ccccc2-c2ccccc21. The van der Waals surface area contributed by atoms with Crippen molar-refractivity contribution in [1.29, 1.82) is 0 Å². The molecule has 0 saturated heterocycles. The summed E-state index contributed by atoms with van der Waals surface area (Å²) in [5.74, 6) is -0.664. The van der Waals surface area contributed by atoms with E-state index in [1.807, 2.05) is 31.2 Å². The number of carboxylic acid groups (broad SMARTS) is 1. The van der Waals surface area contributed by atoms with Crippen LogP contribution in [0.2, 0.25) is 0 Å². The molecule has 1 fully saturated rings. The van der Waals surface area contributed by atoms with Crippen LogP contribution in [0.25, 0.3) is 11.1 Å². The van der Waals surface area contributed by atoms with E-state index in [2.05, 4.69) is 29.6 Å². The molecule has 34 heavy (non-hydrogen) atoms. The maximum absolute atomic E-state index is 13.1. The third kappa shape index (κ3) is 5.58. The molecule has 0 heterocycles. The van der Waals surface area contributed by atoms with Gasteiger partial charge in [0.05, 0.1) is 0 Å². The number of amides is 2. The minimum Gasteiger partial charge on any atom is -0.481 e. The van der Waals surface area contributed by atoms with Crippen molar-refractivity contribution >= 4 is 18.0 Å². The molecule has 2 aromatic rings. The molecule has 2 N–H and O–H groups in total. The molecule has 7 nitrogen and oxygen atoms in total. The molecule has 2 amide bonds. The normalized spacial score (nSPS) is 15.2. The summed E-state index contributed by atoms with van der Waals surface area (Å²) < 4.78 is 5.65. The smallest absolute Gasteiger partial charge is 0.407 e. The topological polar surface area (TPSA) is 95.9 Å². The van der Waals surface area contributed by atoms with E-state index < -0.39 is 18.1 Å². The monoisotopic (exact) mass is 464 g/mol. The van der Waals surface area contributed by atoms with Crippen LogP contribution in [-0.4, -0.2) is 53.7 Å². The highest BCUT2D eigenvalue weighted by Crippen LogP contribution is 2.44. The lowest BCUT2D eigenvalue weighted by molar-refractivity contribution is -0.138. The van der Waals surface area contributed by atoms with E-state index in [9.17, 15) is 14.4 Å². The van der Waals surface area contributed by atoms with Gasteiger partial charge in [0.1, 0.15) is 12.6 Å². The molecule has 1 unspecified atom stereocenters. The minimum atomic E-state index is -0.880. The maximum atomic E-state index is 13.1. The van der Waals surface area contributed by atoms with Gasteiger partial charge in [0.25, 0.3) is 0 Å². The number of likely N-dealkylation sites (N-methyl/N-ethyl adjacent to an activating group) is 1.